The molecule has 0 amide bonds. The third-order valence-electron chi connectivity index (χ3n) is 0. The number of hydrogen-bond donors (Lipinski definition) is 17. The Balaban J connectivity index is 0. The van der Waals surface area contributed by atoms with E-state index in [-0.39, 0.29) is 1300 Å². The van der Waals surface area contributed by atoms with Crippen LogP contribution in [0.4, 0.5) is 0 Å². The number of hydrogen-bond acceptors (Lipinski definition) is 0. The second-order valence-corrected chi connectivity index (χ2v) is 0. The molecule has 103 nitrogen and oxygen atoms in total. The van der Waals surface area contributed by atoms with E-state index >= 15 is 0 Å². The molecule has 0 bridgehead atoms. The molecule has 968 valence electrons. The molecule has 0 spiro atoms. The average molecular weight is 6690 g/mol. The van der Waals surface area contributed by atoms with E-state index in [1.54, 1.807) is 0 Å². The van der Waals surface area contributed by atoms with Crippen molar-refractivity contribution in [1.82, 2.24) is 105 Å². The van der Waals surface area contributed by atoms with Crippen molar-refractivity contribution in [2.75, 3.05) is 0 Å². The van der Waals surface area contributed by atoms with Crippen molar-refractivity contribution >= 4 is 220 Å². The summed E-state index contributed by atoms with van der Waals surface area (Å²) in [4.78, 5) is 0. The fourth-order valence-corrected chi connectivity index (χ4v) is 0. The van der Waals surface area contributed by atoms with Crippen LogP contribution in [0.1, 0.15) is 0 Å². The molecule has 18 radical (unpaired) electrons. The van der Waals surface area contributed by atoms with Gasteiger partial charge in [0.1, 0.15) is 0 Å². The molecule has 0 fully saturated rings. The Labute approximate surface area is 1270 Å². The van der Waals surface area contributed by atoms with E-state index in [9.17, 15) is 0 Å². The fourth-order valence-electron chi connectivity index (χ4n) is 0. The van der Waals surface area contributed by atoms with Crippen LogP contribution in [0.15, 0.2) is 0 Å². The minimum absolute atomic E-state index is 0. The van der Waals surface area contributed by atoms with Crippen molar-refractivity contribution in [3.8, 4) is 0 Å². The van der Waals surface area contributed by atoms with E-state index in [0.29, 0.717) is 0 Å². The van der Waals surface area contributed by atoms with Crippen LogP contribution in [0.5, 0.6) is 0 Å². The standard InChI is InChI=1S/17H3N.2Na.86O.9Sb.21W/h17*1H3;;;;;;;;;;;;;;;;;;;;;;;;;;;;;;;;;;;;;;;;;;;;;;;;;;;;;;;;;;;;;;;;;;;;;;;;;;;;;;;;;;;;;;;;;;;;;;;;;;;;;;;;;;;;;;;;;;;;;;/q;;;;;;;;;;;;;;;;;2*+1;86*-2;9*+3;;;;;;;;;;;;;;;;;;;;;/p+17. The first-order valence-electron chi connectivity index (χ1n) is 0. The third kappa shape index (κ3) is 9120. The molecule has 135 heteroatoms. The van der Waals surface area contributed by atoms with Gasteiger partial charge in [0.2, 0.25) is 0 Å². The molecule has 0 aromatic rings. The predicted octanol–water partition coefficient (Wildman–Crippen LogP) is -13.3. The molecule has 0 rings (SSSR count). The summed E-state index contributed by atoms with van der Waals surface area (Å²) in [5.74, 6) is 0. The van der Waals surface area contributed by atoms with E-state index in [1.807, 2.05) is 0 Å². The summed E-state index contributed by atoms with van der Waals surface area (Å²) in [6.45, 7) is 0. The van der Waals surface area contributed by atoms with Gasteiger partial charge in [-0.25, -0.2) is 0 Å². The van der Waals surface area contributed by atoms with Crippen molar-refractivity contribution in [3.63, 3.8) is 0 Å². The molecule has 0 aromatic heterocycles. The zero-order valence-electron chi connectivity index (χ0n) is 66.7. The van der Waals surface area contributed by atoms with Gasteiger partial charge in [0.25, 0.3) is 0 Å². The van der Waals surface area contributed by atoms with Gasteiger partial charge in [-0.1, -0.05) is 0 Å². The van der Waals surface area contributed by atoms with Crippen LogP contribution in [0.25, 0.3) is 0 Å². The van der Waals surface area contributed by atoms with Crippen LogP contribution in [0, 0.1) is 0 Å². The molecular formula is H68N17Na2O86Sb9W21-126. The van der Waals surface area contributed by atoms with Crippen LogP contribution >= 0.6 is 0 Å². The van der Waals surface area contributed by atoms with E-state index < -0.39 is 0 Å². The second kappa shape index (κ2) is 9240. The monoisotopic (exact) mass is 6680 g/mol. The van der Waals surface area contributed by atoms with Gasteiger partial charge in [0.05, 0.1) is 0 Å². The maximum atomic E-state index is 0. The Morgan fingerprint density at radius 3 is 0.0370 bits per heavy atom. The summed E-state index contributed by atoms with van der Waals surface area (Å²) in [6.07, 6.45) is 0. The normalized spacial score (nSPS) is 0. The van der Waals surface area contributed by atoms with Gasteiger partial charge in [-0.15, -0.1) is 0 Å². The molecule has 0 aromatic carbocycles. The van der Waals surface area contributed by atoms with E-state index in [2.05, 4.69) is 0 Å². The minimum Gasteiger partial charge on any atom is -2.00 e. The van der Waals surface area contributed by atoms with Crippen molar-refractivity contribution in [3.05, 3.63) is 0 Å². The minimum atomic E-state index is 0. The topological polar surface area (TPSA) is 3070 Å². The van der Waals surface area contributed by atoms with Crippen LogP contribution in [0.2, 0.25) is 0 Å². The Kier molecular flexibility index (Phi) is 644000. The molecule has 0 unspecified atom stereocenters. The van der Waals surface area contributed by atoms with Gasteiger partial charge in [-0.2, -0.15) is 0 Å². The average Bonchev–Trinajstić information content (AvgIpc) is 0. The Bertz CT molecular complexity index is 210. The van der Waals surface area contributed by atoms with Gasteiger partial charge >= 0.3 is 279 Å². The van der Waals surface area contributed by atoms with Crippen LogP contribution in [-0.4, -0.2) is 220 Å². The maximum absolute atomic E-state index is 0. The smallest absolute Gasteiger partial charge is 2.00 e. The summed E-state index contributed by atoms with van der Waals surface area (Å²) in [5, 5.41) is 0. The SMILES string of the molecule is [NH4+].[NH4+].[NH4+].[NH4+].[NH4+].[NH4+].[NH4+].[NH4+].[NH4+].[NH4+].[NH4+].[NH4+].[NH4+].[NH4+].[NH4+].[NH4+].[NH4+].[Na+].[Na+].[O-2].[O-2].[O-2].[O-2].[O-2].[O-2].[O-2].[O-2].[O-2].[O-2].[O-2].[O-2].[O-2].[O-2].[O-2].[O-2].[O-2].[O-2].[O-2].[O-2].[O-2].[O-2].[O-2].[O-2].[O-2].[O-2].[O-2].[O-2].[O-2].[O-2].[O-2].[O-2].[O-2].[O-2].[O-2].[O-2].[O-2].[O-2].[O-2].[O-2].[O-2].[O-2].[O-2].[O-2].[O-2].[O-2].[O-2].[O-2].[O-2].[O-2].[O-2].[O-2].[O-2].[O-2].[O-2].[O-2].[O-2].[O-2].[O-2].[O-2].[O-2].[O-2].[O-2].[O-2].[O-2].[O-2].[O-2].[O-2].[O-2].[O-2].[O-2].[O-2].[O-2].[O-2].[O-2].[O-2].[O-2].[O-2].[O-2].[O-2].[O-2].[O-2].[O-2].[O-2].[O-2].[O-2].[Sb+3].[Sb+3].[Sb+3].[Sb+3].[Sb+3].[Sb+3].[Sb+3].[Sb+3].[Sb+3].[W].[W].[W].[W].[W].[W].[W].[W].[W].[W].[W].[W].[W].[W].[W].[W].[W].[W].[W].[W].[W]. The Hall–Kier alpha value is 19.7. The first kappa shape index (κ1) is 9420. The summed E-state index contributed by atoms with van der Waals surface area (Å²) in [5.41, 5.74) is 0. The maximum Gasteiger partial charge on any atom is 3.00 e. The first-order chi connectivity index (χ1) is 0. The molecule has 0 aliphatic rings. The first-order valence-corrected chi connectivity index (χ1v) is 0. The van der Waals surface area contributed by atoms with Gasteiger partial charge in [0.15, 0.2) is 0 Å². The number of rotatable bonds is 0. The van der Waals surface area contributed by atoms with E-state index in [0.717, 1.165) is 0 Å². The largest absolute Gasteiger partial charge is 3.00 e. The van der Waals surface area contributed by atoms with Crippen molar-refractivity contribution in [2.24, 2.45) is 0 Å². The van der Waals surface area contributed by atoms with Crippen LogP contribution in [-0.2, 0) is 913 Å². The Morgan fingerprint density at radius 2 is 0.0370 bits per heavy atom. The molecule has 68 N–H and O–H groups in total. The molecule has 0 saturated heterocycles. The van der Waals surface area contributed by atoms with E-state index in [1.165, 1.54) is 0 Å². The van der Waals surface area contributed by atoms with Crippen molar-refractivity contribution < 1.29 is 972 Å². The molecule has 0 aliphatic heterocycles. The van der Waals surface area contributed by atoms with Gasteiger partial charge in [-0.05, 0) is 0 Å². The van der Waals surface area contributed by atoms with Gasteiger partial charge < -0.3 is 576 Å². The third-order valence-corrected chi connectivity index (χ3v) is 0. The second-order valence-electron chi connectivity index (χ2n) is 0. The summed E-state index contributed by atoms with van der Waals surface area (Å²) in [7, 11) is 0. The quantitative estimate of drug-likeness (QED) is 0.101. The predicted molar refractivity (Wildman–Crippen MR) is 213 cm³/mol. The molecule has 0 aliphatic carbocycles. The van der Waals surface area contributed by atoms with Gasteiger partial charge in [0, 0.05) is 442 Å². The fraction of sp³-hybridized carbons (Fsp3) is 0. The Morgan fingerprint density at radius 1 is 0.0370 bits per heavy atom. The van der Waals surface area contributed by atoms with Crippen molar-refractivity contribution in [2.45, 2.75) is 0 Å². The van der Waals surface area contributed by atoms with Crippen LogP contribution in [0.3, 0.4) is 0 Å². The van der Waals surface area contributed by atoms with E-state index in [4.69, 9.17) is 0 Å². The molecule has 135 heavy (non-hydrogen) atoms. The molecule has 0 heterocycles. The summed E-state index contributed by atoms with van der Waals surface area (Å²) < 4.78 is 0. The summed E-state index contributed by atoms with van der Waals surface area (Å²) >= 11 is 0. The summed E-state index contributed by atoms with van der Waals surface area (Å²) in [6, 6.07) is 0. The zero-order valence-corrected chi connectivity index (χ0v) is 155. The molecule has 0 saturated carbocycles. The molecular weight excluding hydrogens is 6620 g/mol. The van der Waals surface area contributed by atoms with Crippen molar-refractivity contribution in [1.29, 1.82) is 0 Å². The molecule has 0 atom stereocenters. The van der Waals surface area contributed by atoms with Gasteiger partial charge in [-0.3, -0.25) is 0 Å². The zero-order chi connectivity index (χ0) is 0. The number of quaternary nitrogens is 17. The van der Waals surface area contributed by atoms with Crippen LogP contribution < -0.4 is 164 Å².